The van der Waals surface area contributed by atoms with Crippen LogP contribution in [0.2, 0.25) is 0 Å². The zero-order valence-corrected chi connectivity index (χ0v) is 14.8. The molecule has 0 N–H and O–H groups in total. The molecule has 0 unspecified atom stereocenters. The van der Waals surface area contributed by atoms with Gasteiger partial charge in [-0.2, -0.15) is 0 Å². The summed E-state index contributed by atoms with van der Waals surface area (Å²) in [6, 6.07) is 0. The van der Waals surface area contributed by atoms with E-state index in [0.29, 0.717) is 6.42 Å². The molecular formula is C11H23KO3S. The van der Waals surface area contributed by atoms with Crippen LogP contribution < -0.4 is 51.4 Å². The third kappa shape index (κ3) is 17.9. The van der Waals surface area contributed by atoms with E-state index in [9.17, 15) is 13.0 Å². The molecule has 5 heteroatoms. The smallest absolute Gasteiger partial charge is 0.748 e. The van der Waals surface area contributed by atoms with E-state index in [1.165, 1.54) is 19.3 Å². The summed E-state index contributed by atoms with van der Waals surface area (Å²) in [6.07, 6.45) is 7.35. The molecule has 0 aromatic heterocycles. The average Bonchev–Trinajstić information content (AvgIpc) is 2.07. The van der Waals surface area contributed by atoms with Crippen LogP contribution in [0, 0.1) is 5.92 Å². The summed E-state index contributed by atoms with van der Waals surface area (Å²) >= 11 is 0. The molecule has 0 amide bonds. The van der Waals surface area contributed by atoms with Crippen molar-refractivity contribution >= 4 is 10.1 Å². The van der Waals surface area contributed by atoms with Crippen molar-refractivity contribution in [3.63, 3.8) is 0 Å². The summed E-state index contributed by atoms with van der Waals surface area (Å²) in [5.41, 5.74) is 0. The molecule has 0 rings (SSSR count). The van der Waals surface area contributed by atoms with Crippen LogP contribution in [0.5, 0.6) is 0 Å². The molecular weight excluding hydrogens is 251 g/mol. The van der Waals surface area contributed by atoms with Crippen molar-refractivity contribution in [2.45, 2.75) is 58.8 Å². The minimum absolute atomic E-state index is 0. The van der Waals surface area contributed by atoms with Gasteiger partial charge in [0.1, 0.15) is 0 Å². The van der Waals surface area contributed by atoms with Gasteiger partial charge in [-0.15, -0.1) is 0 Å². The van der Waals surface area contributed by atoms with E-state index >= 15 is 0 Å². The molecule has 0 fully saturated rings. The van der Waals surface area contributed by atoms with Crippen molar-refractivity contribution in [1.29, 1.82) is 0 Å². The maximum Gasteiger partial charge on any atom is 1.00 e. The second-order valence-corrected chi connectivity index (χ2v) is 6.09. The van der Waals surface area contributed by atoms with E-state index in [0.717, 1.165) is 25.2 Å². The maximum atomic E-state index is 10.3. The Kier molecular flexibility index (Phi) is 14.4. The van der Waals surface area contributed by atoms with Gasteiger partial charge in [0.15, 0.2) is 0 Å². The fourth-order valence-electron chi connectivity index (χ4n) is 1.54. The van der Waals surface area contributed by atoms with E-state index < -0.39 is 10.1 Å². The van der Waals surface area contributed by atoms with Gasteiger partial charge in [0.25, 0.3) is 0 Å². The molecule has 0 bridgehead atoms. The quantitative estimate of drug-likeness (QED) is 0.336. The monoisotopic (exact) mass is 274 g/mol. The molecule has 16 heavy (non-hydrogen) atoms. The SMILES string of the molecule is CC(C)CCCCCCCCS(=O)(=O)[O-].[K+]. The topological polar surface area (TPSA) is 57.2 Å². The molecule has 3 nitrogen and oxygen atoms in total. The van der Waals surface area contributed by atoms with Gasteiger partial charge in [-0.1, -0.05) is 52.4 Å². The first-order chi connectivity index (χ1) is 6.92. The minimum Gasteiger partial charge on any atom is -0.748 e. The average molecular weight is 274 g/mol. The first kappa shape index (κ1) is 19.9. The number of unbranched alkanes of at least 4 members (excludes halogenated alkanes) is 5. The van der Waals surface area contributed by atoms with Gasteiger partial charge in [0, 0.05) is 5.75 Å². The summed E-state index contributed by atoms with van der Waals surface area (Å²) < 4.78 is 30.9. The number of hydrogen-bond acceptors (Lipinski definition) is 3. The van der Waals surface area contributed by atoms with Crippen molar-refractivity contribution in [3.8, 4) is 0 Å². The molecule has 0 saturated heterocycles. The molecule has 0 heterocycles. The molecule has 0 atom stereocenters. The largest absolute Gasteiger partial charge is 1.00 e. The molecule has 0 spiro atoms. The van der Waals surface area contributed by atoms with Crippen molar-refractivity contribution < 1.29 is 64.4 Å². The van der Waals surface area contributed by atoms with E-state index in [1.807, 2.05) is 0 Å². The standard InChI is InChI=1S/C11H24O3S.K/c1-11(2)9-7-5-3-4-6-8-10-15(12,13)14;/h11H,3-10H2,1-2H3,(H,12,13,14);/q;+1/p-1. The van der Waals surface area contributed by atoms with Crippen LogP contribution in [0.4, 0.5) is 0 Å². The van der Waals surface area contributed by atoms with Crippen molar-refractivity contribution in [3.05, 3.63) is 0 Å². The zero-order chi connectivity index (χ0) is 11.7. The maximum absolute atomic E-state index is 10.3. The van der Waals surface area contributed by atoms with Gasteiger partial charge >= 0.3 is 51.4 Å². The molecule has 0 aromatic rings. The number of hydrogen-bond donors (Lipinski definition) is 0. The minimum atomic E-state index is -3.98. The summed E-state index contributed by atoms with van der Waals surface area (Å²) in [4.78, 5) is 0. The first-order valence-corrected chi connectivity index (χ1v) is 7.43. The van der Waals surface area contributed by atoms with Gasteiger partial charge in [-0.25, -0.2) is 8.42 Å². The molecule has 0 aliphatic rings. The summed E-state index contributed by atoms with van der Waals surface area (Å²) in [7, 11) is -3.98. The van der Waals surface area contributed by atoms with E-state index in [1.54, 1.807) is 0 Å². The Morgan fingerprint density at radius 1 is 0.938 bits per heavy atom. The third-order valence-electron chi connectivity index (χ3n) is 2.43. The normalized spacial score (nSPS) is 11.5. The summed E-state index contributed by atoms with van der Waals surface area (Å²) in [6.45, 7) is 4.44. The summed E-state index contributed by atoms with van der Waals surface area (Å²) in [5, 5.41) is 0. The van der Waals surface area contributed by atoms with E-state index in [-0.39, 0.29) is 57.1 Å². The Hall–Kier alpha value is 1.55. The van der Waals surface area contributed by atoms with E-state index in [2.05, 4.69) is 13.8 Å². The van der Waals surface area contributed by atoms with Crippen LogP contribution in [0.25, 0.3) is 0 Å². The Labute approximate surface area is 143 Å². The Morgan fingerprint density at radius 3 is 1.81 bits per heavy atom. The van der Waals surface area contributed by atoms with Crippen molar-refractivity contribution in [2.75, 3.05) is 5.75 Å². The second-order valence-electron chi connectivity index (χ2n) is 4.57. The van der Waals surface area contributed by atoms with Gasteiger partial charge in [-0.3, -0.25) is 0 Å². The van der Waals surface area contributed by atoms with Crippen LogP contribution in [0.3, 0.4) is 0 Å². The predicted octanol–water partition coefficient (Wildman–Crippen LogP) is -0.0777. The molecule has 0 aliphatic carbocycles. The van der Waals surface area contributed by atoms with Gasteiger partial charge in [0.05, 0.1) is 10.1 Å². The first-order valence-electron chi connectivity index (χ1n) is 5.85. The van der Waals surface area contributed by atoms with Crippen molar-refractivity contribution in [1.82, 2.24) is 0 Å². The molecule has 0 radical (unpaired) electrons. The van der Waals surface area contributed by atoms with Gasteiger partial charge in [-0.05, 0) is 12.3 Å². The van der Waals surface area contributed by atoms with Crippen LogP contribution >= 0.6 is 0 Å². The van der Waals surface area contributed by atoms with Crippen molar-refractivity contribution in [2.24, 2.45) is 5.92 Å². The van der Waals surface area contributed by atoms with Crippen LogP contribution in [-0.2, 0) is 10.1 Å². The van der Waals surface area contributed by atoms with Crippen LogP contribution in [0.1, 0.15) is 58.8 Å². The second kappa shape index (κ2) is 11.6. The molecule has 0 saturated carbocycles. The molecule has 0 aliphatic heterocycles. The Balaban J connectivity index is 0. The van der Waals surface area contributed by atoms with Crippen LogP contribution in [-0.4, -0.2) is 18.7 Å². The molecule has 92 valence electrons. The molecule has 0 aromatic carbocycles. The Morgan fingerprint density at radius 2 is 1.38 bits per heavy atom. The van der Waals surface area contributed by atoms with Crippen LogP contribution in [0.15, 0.2) is 0 Å². The summed E-state index contributed by atoms with van der Waals surface area (Å²) in [5.74, 6) is 0.578. The van der Waals surface area contributed by atoms with Gasteiger partial charge in [0.2, 0.25) is 0 Å². The van der Waals surface area contributed by atoms with Gasteiger partial charge < -0.3 is 4.55 Å². The fourth-order valence-corrected chi connectivity index (χ4v) is 2.10. The predicted molar refractivity (Wildman–Crippen MR) is 61.7 cm³/mol. The van der Waals surface area contributed by atoms with E-state index in [4.69, 9.17) is 0 Å². The Bertz CT molecular complexity index is 238. The third-order valence-corrected chi connectivity index (χ3v) is 3.21. The zero-order valence-electron chi connectivity index (χ0n) is 10.9. The number of rotatable bonds is 9. The fraction of sp³-hybridized carbons (Fsp3) is 1.00.